The van der Waals surface area contributed by atoms with E-state index in [1.165, 1.54) is 0 Å². The van der Waals surface area contributed by atoms with Gasteiger partial charge < -0.3 is 13.9 Å². The summed E-state index contributed by atoms with van der Waals surface area (Å²) >= 11 is 0. The summed E-state index contributed by atoms with van der Waals surface area (Å²) in [7, 11) is 1.46. The molecule has 0 unspecified atom stereocenters. The van der Waals surface area contributed by atoms with E-state index < -0.39 is 8.32 Å². The minimum absolute atomic E-state index is 0.514. The van der Waals surface area contributed by atoms with Gasteiger partial charge in [0.25, 0.3) is 5.95 Å². The normalized spacial score (nSPS) is 12.4. The quantitative estimate of drug-likeness (QED) is 0.430. The third-order valence-electron chi connectivity index (χ3n) is 2.64. The number of methoxy groups -OCH3 is 2. The maximum Gasteiger partial charge on any atom is 0.272 e. The van der Waals surface area contributed by atoms with Crippen LogP contribution < -0.4 is 0 Å². The van der Waals surface area contributed by atoms with Crippen molar-refractivity contribution in [2.24, 2.45) is 0 Å². The lowest BCUT2D eigenvalue weighted by atomic mass is 10.0. The molecule has 1 aromatic rings. The first kappa shape index (κ1) is 16.4. The number of hydrogen-bond acceptors (Lipinski definition) is 3. The predicted molar refractivity (Wildman–Crippen MR) is 84.8 cm³/mol. The maximum absolute atomic E-state index is 6.00. The summed E-state index contributed by atoms with van der Waals surface area (Å²) in [6.07, 6.45) is 0.668. The van der Waals surface area contributed by atoms with E-state index in [2.05, 4.69) is 38.4 Å². The second-order valence-electron chi connectivity index (χ2n) is 5.47. The first-order chi connectivity index (χ1) is 9.37. The van der Waals surface area contributed by atoms with Gasteiger partial charge in [-0.15, -0.1) is 0 Å². The Bertz CT molecular complexity index is 472. The first-order valence-electron chi connectivity index (χ1n) is 6.60. The summed E-state index contributed by atoms with van der Waals surface area (Å²) < 4.78 is 16.7. The zero-order valence-electron chi connectivity index (χ0n) is 13.0. The van der Waals surface area contributed by atoms with E-state index in [4.69, 9.17) is 13.9 Å². The van der Waals surface area contributed by atoms with Crippen molar-refractivity contribution in [1.82, 2.24) is 0 Å². The smallest absolute Gasteiger partial charge is 0.272 e. The van der Waals surface area contributed by atoms with Crippen LogP contribution in [0, 0.1) is 0 Å². The van der Waals surface area contributed by atoms with Crippen LogP contribution in [-0.4, -0.2) is 22.5 Å². The summed E-state index contributed by atoms with van der Waals surface area (Å²) in [5.41, 5.74) is 2.01. The van der Waals surface area contributed by atoms with Gasteiger partial charge in [-0.1, -0.05) is 36.9 Å². The fraction of sp³-hybridized carbons (Fsp3) is 0.375. The summed E-state index contributed by atoms with van der Waals surface area (Å²) in [4.78, 5) is 0. The lowest BCUT2D eigenvalue weighted by Gasteiger charge is -2.23. The molecule has 0 amide bonds. The van der Waals surface area contributed by atoms with Crippen LogP contribution in [0.1, 0.15) is 5.56 Å². The molecule has 3 nitrogen and oxygen atoms in total. The molecule has 0 aliphatic rings. The molecule has 0 heterocycles. The summed E-state index contributed by atoms with van der Waals surface area (Å²) in [6, 6.07) is 10.1. The molecule has 110 valence electrons. The second-order valence-corrected chi connectivity index (χ2v) is 9.90. The number of rotatable bonds is 7. The average Bonchev–Trinajstić information content (AvgIpc) is 2.41. The molecule has 0 spiro atoms. The van der Waals surface area contributed by atoms with Crippen molar-refractivity contribution in [2.45, 2.75) is 26.1 Å². The molecular weight excluding hydrogens is 268 g/mol. The van der Waals surface area contributed by atoms with Gasteiger partial charge in [0.2, 0.25) is 8.32 Å². The van der Waals surface area contributed by atoms with Crippen molar-refractivity contribution in [1.29, 1.82) is 0 Å². The zero-order chi connectivity index (χ0) is 15.2. The van der Waals surface area contributed by atoms with Gasteiger partial charge in [-0.3, -0.25) is 0 Å². The second kappa shape index (κ2) is 7.19. The Kier molecular flexibility index (Phi) is 5.89. The Labute approximate surface area is 123 Å². The lowest BCUT2D eigenvalue weighted by Crippen LogP contribution is -2.26. The Balaban J connectivity index is 3.12. The molecule has 0 aliphatic heterocycles. The topological polar surface area (TPSA) is 27.7 Å². The Hall–Kier alpha value is -1.68. The maximum atomic E-state index is 6.00. The molecule has 4 heteroatoms. The van der Waals surface area contributed by atoms with E-state index in [9.17, 15) is 0 Å². The predicted octanol–water partition coefficient (Wildman–Crippen LogP) is 4.10. The zero-order valence-corrected chi connectivity index (χ0v) is 14.0. The molecule has 0 atom stereocenters. The monoisotopic (exact) mass is 292 g/mol. The summed E-state index contributed by atoms with van der Waals surface area (Å²) in [5.74, 6) is 1.09. The van der Waals surface area contributed by atoms with Gasteiger partial charge in [0.05, 0.1) is 19.8 Å². The van der Waals surface area contributed by atoms with Crippen LogP contribution in [-0.2, 0) is 20.3 Å². The van der Waals surface area contributed by atoms with Crippen LogP contribution in [0.2, 0.25) is 19.6 Å². The molecule has 1 aromatic carbocycles. The fourth-order valence-corrected chi connectivity index (χ4v) is 2.48. The fourth-order valence-electron chi connectivity index (χ4n) is 1.71. The standard InChI is InChI=1S/C16H24O3Si/c1-13(17-2)15(12-14-10-8-7-9-11-14)16(18-3)19-20(4,5)6/h7-11H,1,12H2,2-6H3/b16-15-. The van der Waals surface area contributed by atoms with Gasteiger partial charge >= 0.3 is 0 Å². The van der Waals surface area contributed by atoms with Crippen LogP contribution in [0.4, 0.5) is 0 Å². The highest BCUT2D eigenvalue weighted by molar-refractivity contribution is 6.70. The van der Waals surface area contributed by atoms with Crippen molar-refractivity contribution in [3.8, 4) is 0 Å². The highest BCUT2D eigenvalue weighted by Gasteiger charge is 2.22. The third-order valence-corrected chi connectivity index (χ3v) is 3.44. The Morgan fingerprint density at radius 3 is 2.10 bits per heavy atom. The Morgan fingerprint density at radius 2 is 1.65 bits per heavy atom. The molecule has 20 heavy (non-hydrogen) atoms. The molecule has 0 bridgehead atoms. The van der Waals surface area contributed by atoms with Gasteiger partial charge in [-0.2, -0.15) is 0 Å². The molecule has 0 fully saturated rings. The van der Waals surface area contributed by atoms with Crippen molar-refractivity contribution >= 4 is 8.32 Å². The average molecular weight is 292 g/mol. The highest BCUT2D eigenvalue weighted by Crippen LogP contribution is 2.23. The van der Waals surface area contributed by atoms with Gasteiger partial charge in [0.15, 0.2) is 0 Å². The number of benzene rings is 1. The Morgan fingerprint density at radius 1 is 1.05 bits per heavy atom. The molecule has 0 saturated heterocycles. The summed E-state index contributed by atoms with van der Waals surface area (Å²) in [5, 5.41) is 0. The van der Waals surface area contributed by atoms with Crippen LogP contribution in [0.5, 0.6) is 0 Å². The van der Waals surface area contributed by atoms with Crippen LogP contribution in [0.3, 0.4) is 0 Å². The molecule has 1 rings (SSSR count). The third kappa shape index (κ3) is 5.13. The van der Waals surface area contributed by atoms with Gasteiger partial charge in [0.1, 0.15) is 5.76 Å². The van der Waals surface area contributed by atoms with Crippen molar-refractivity contribution in [3.05, 3.63) is 59.8 Å². The van der Waals surface area contributed by atoms with Gasteiger partial charge in [-0.25, -0.2) is 0 Å². The van der Waals surface area contributed by atoms with Crippen LogP contribution >= 0.6 is 0 Å². The summed E-state index contributed by atoms with van der Waals surface area (Å²) in [6.45, 7) is 10.3. The van der Waals surface area contributed by atoms with E-state index in [0.29, 0.717) is 18.1 Å². The van der Waals surface area contributed by atoms with Crippen LogP contribution in [0.25, 0.3) is 0 Å². The molecule has 0 radical (unpaired) electrons. The first-order valence-corrected chi connectivity index (χ1v) is 10.0. The van der Waals surface area contributed by atoms with Crippen molar-refractivity contribution in [2.75, 3.05) is 14.2 Å². The van der Waals surface area contributed by atoms with Gasteiger partial charge in [-0.05, 0) is 25.2 Å². The van der Waals surface area contributed by atoms with E-state index in [1.807, 2.05) is 18.2 Å². The van der Waals surface area contributed by atoms with Crippen molar-refractivity contribution < 1.29 is 13.9 Å². The molecular formula is C16H24O3Si. The number of hydrogen-bond donors (Lipinski definition) is 0. The minimum atomic E-state index is -1.76. The van der Waals surface area contributed by atoms with E-state index >= 15 is 0 Å². The van der Waals surface area contributed by atoms with Crippen molar-refractivity contribution in [3.63, 3.8) is 0 Å². The molecule has 0 aromatic heterocycles. The van der Waals surface area contributed by atoms with Crippen LogP contribution in [0.15, 0.2) is 54.2 Å². The highest BCUT2D eigenvalue weighted by atomic mass is 28.4. The minimum Gasteiger partial charge on any atom is -0.519 e. The SMILES string of the molecule is C=C(OC)/C(Cc1ccccc1)=C(/OC)O[Si](C)(C)C. The molecule has 0 saturated carbocycles. The largest absolute Gasteiger partial charge is 0.519 e. The molecule has 0 aliphatic carbocycles. The van der Waals surface area contributed by atoms with E-state index in [0.717, 1.165) is 11.1 Å². The number of ether oxygens (including phenoxy) is 2. The lowest BCUT2D eigenvalue weighted by molar-refractivity contribution is 0.138. The molecule has 0 N–H and O–H groups in total. The number of allylic oxidation sites excluding steroid dienone is 1. The van der Waals surface area contributed by atoms with E-state index in [-0.39, 0.29) is 0 Å². The van der Waals surface area contributed by atoms with Gasteiger partial charge in [0, 0.05) is 6.42 Å². The van der Waals surface area contributed by atoms with E-state index in [1.54, 1.807) is 14.2 Å².